The Balaban J connectivity index is 1.14. The van der Waals surface area contributed by atoms with Crippen molar-refractivity contribution in [1.29, 1.82) is 0 Å². The van der Waals surface area contributed by atoms with Gasteiger partial charge in [0, 0.05) is 24.1 Å². The number of aliphatic hydroxyl groups excluding tert-OH is 1. The predicted molar refractivity (Wildman–Crippen MR) is 136 cm³/mol. The van der Waals surface area contributed by atoms with Crippen LogP contribution in [0.5, 0.6) is 11.5 Å². The zero-order valence-corrected chi connectivity index (χ0v) is 21.6. The molecule has 7 nitrogen and oxygen atoms in total. The summed E-state index contributed by atoms with van der Waals surface area (Å²) in [6.07, 6.45) is 4.95. The van der Waals surface area contributed by atoms with Crippen LogP contribution in [0.1, 0.15) is 54.7 Å². The summed E-state index contributed by atoms with van der Waals surface area (Å²) < 4.78 is 34.9. The van der Waals surface area contributed by atoms with E-state index >= 15 is 0 Å². The number of fused-ring (bicyclic) bond motifs is 1. The molecular formula is C28H31ClFN3O4. The van der Waals surface area contributed by atoms with Crippen LogP contribution in [0.3, 0.4) is 0 Å². The lowest BCUT2D eigenvalue weighted by Gasteiger charge is -2.33. The normalized spacial score (nSPS) is 23.8. The maximum atomic E-state index is 14.7. The maximum Gasteiger partial charge on any atom is 0.278 e. The van der Waals surface area contributed by atoms with E-state index in [1.54, 1.807) is 25.3 Å². The molecule has 6 rings (SSSR count). The number of halogens is 2. The third-order valence-electron chi connectivity index (χ3n) is 7.79. The van der Waals surface area contributed by atoms with Gasteiger partial charge in [-0.1, -0.05) is 23.7 Å². The lowest BCUT2D eigenvalue weighted by molar-refractivity contribution is -0.0712. The molecule has 3 aliphatic heterocycles. The fourth-order valence-electron chi connectivity index (χ4n) is 5.60. The third kappa shape index (κ3) is 4.72. The van der Waals surface area contributed by atoms with Crippen molar-refractivity contribution in [3.05, 3.63) is 76.1 Å². The molecule has 196 valence electrons. The summed E-state index contributed by atoms with van der Waals surface area (Å²) >= 11 is 5.95. The summed E-state index contributed by atoms with van der Waals surface area (Å²) in [5.74, 6) is 0.901. The van der Waals surface area contributed by atoms with Crippen LogP contribution in [-0.4, -0.2) is 45.4 Å². The minimum atomic E-state index is -1.25. The topological polar surface area (TPSA) is 69.0 Å². The first-order valence-corrected chi connectivity index (χ1v) is 13.3. The van der Waals surface area contributed by atoms with Crippen molar-refractivity contribution in [3.8, 4) is 11.5 Å². The second-order valence-corrected chi connectivity index (χ2v) is 10.7. The highest BCUT2D eigenvalue weighted by molar-refractivity contribution is 6.30. The molecule has 0 spiro atoms. The van der Waals surface area contributed by atoms with Crippen LogP contribution in [0, 0.1) is 5.82 Å². The van der Waals surface area contributed by atoms with Crippen LogP contribution >= 0.6 is 11.6 Å². The van der Waals surface area contributed by atoms with Gasteiger partial charge in [-0.25, -0.2) is 9.37 Å². The van der Waals surface area contributed by atoms with Gasteiger partial charge in [-0.3, -0.25) is 4.90 Å². The van der Waals surface area contributed by atoms with Crippen molar-refractivity contribution in [2.45, 2.75) is 63.7 Å². The quantitative estimate of drug-likeness (QED) is 0.467. The molecule has 2 atom stereocenters. The summed E-state index contributed by atoms with van der Waals surface area (Å²) in [5, 5.41) is 10.1. The SMILES string of the molecule is C[C@]1(c2ccc(Cl)cc2F)Oc2cccc(C3CCN(Cc4ncc(CO)n4C[C@@H]4CCO4)CC3)c2O1. The Kier molecular flexibility index (Phi) is 6.61. The molecule has 0 radical (unpaired) electrons. The zero-order chi connectivity index (χ0) is 25.6. The van der Waals surface area contributed by atoms with E-state index in [1.165, 1.54) is 6.07 Å². The highest BCUT2D eigenvalue weighted by Crippen LogP contribution is 2.49. The van der Waals surface area contributed by atoms with Crippen LogP contribution in [-0.2, 0) is 30.2 Å². The van der Waals surface area contributed by atoms with Gasteiger partial charge >= 0.3 is 0 Å². The molecule has 3 aromatic rings. The number of piperidine rings is 1. The van der Waals surface area contributed by atoms with E-state index in [4.69, 9.17) is 25.8 Å². The van der Waals surface area contributed by atoms with Gasteiger partial charge in [0.25, 0.3) is 5.79 Å². The van der Waals surface area contributed by atoms with Crippen LogP contribution < -0.4 is 9.47 Å². The highest BCUT2D eigenvalue weighted by Gasteiger charge is 2.43. The van der Waals surface area contributed by atoms with Gasteiger partial charge < -0.3 is 23.9 Å². The molecule has 37 heavy (non-hydrogen) atoms. The van der Waals surface area contributed by atoms with E-state index in [2.05, 4.69) is 20.5 Å². The Morgan fingerprint density at radius 3 is 2.68 bits per heavy atom. The number of hydrogen-bond acceptors (Lipinski definition) is 6. The molecule has 0 unspecified atom stereocenters. The minimum Gasteiger partial charge on any atom is -0.444 e. The van der Waals surface area contributed by atoms with Crippen molar-refractivity contribution < 1.29 is 23.7 Å². The van der Waals surface area contributed by atoms with Gasteiger partial charge in [0.2, 0.25) is 0 Å². The van der Waals surface area contributed by atoms with Gasteiger partial charge in [0.15, 0.2) is 11.5 Å². The van der Waals surface area contributed by atoms with Crippen molar-refractivity contribution in [2.24, 2.45) is 0 Å². The fourth-order valence-corrected chi connectivity index (χ4v) is 5.76. The number of hydrogen-bond donors (Lipinski definition) is 1. The van der Waals surface area contributed by atoms with Crippen molar-refractivity contribution in [3.63, 3.8) is 0 Å². The molecule has 0 amide bonds. The van der Waals surface area contributed by atoms with Gasteiger partial charge in [0.1, 0.15) is 11.6 Å². The molecular weight excluding hydrogens is 497 g/mol. The summed E-state index contributed by atoms with van der Waals surface area (Å²) in [6, 6.07) is 10.5. The Hall–Kier alpha value is -2.65. The molecule has 3 aliphatic rings. The molecule has 4 heterocycles. The van der Waals surface area contributed by atoms with E-state index in [9.17, 15) is 9.50 Å². The zero-order valence-electron chi connectivity index (χ0n) is 20.8. The first-order chi connectivity index (χ1) is 17.9. The van der Waals surface area contributed by atoms with E-state index in [1.807, 2.05) is 12.1 Å². The molecule has 1 aromatic heterocycles. The van der Waals surface area contributed by atoms with Crippen LogP contribution in [0.15, 0.2) is 42.6 Å². The van der Waals surface area contributed by atoms with Gasteiger partial charge in [-0.05, 0) is 62.5 Å². The molecule has 9 heteroatoms. The second kappa shape index (κ2) is 9.91. The average Bonchev–Trinajstić information content (AvgIpc) is 3.41. The van der Waals surface area contributed by atoms with Gasteiger partial charge in [-0.15, -0.1) is 0 Å². The predicted octanol–water partition coefficient (Wildman–Crippen LogP) is 4.98. The Bertz CT molecular complexity index is 1290. The lowest BCUT2D eigenvalue weighted by Crippen LogP contribution is -2.36. The number of ether oxygens (including phenoxy) is 3. The third-order valence-corrected chi connectivity index (χ3v) is 8.02. The average molecular weight is 528 g/mol. The van der Waals surface area contributed by atoms with E-state index < -0.39 is 11.6 Å². The largest absolute Gasteiger partial charge is 0.444 e. The van der Waals surface area contributed by atoms with Crippen LogP contribution in [0.25, 0.3) is 0 Å². The molecule has 2 aromatic carbocycles. The van der Waals surface area contributed by atoms with Gasteiger partial charge in [0.05, 0.1) is 43.3 Å². The van der Waals surface area contributed by atoms with Crippen LogP contribution in [0.2, 0.25) is 5.02 Å². The smallest absolute Gasteiger partial charge is 0.278 e. The number of likely N-dealkylation sites (tertiary alicyclic amines) is 1. The van der Waals surface area contributed by atoms with E-state index in [0.717, 1.165) is 69.1 Å². The number of aromatic nitrogens is 2. The van der Waals surface area contributed by atoms with E-state index in [-0.39, 0.29) is 12.7 Å². The van der Waals surface area contributed by atoms with Gasteiger partial charge in [-0.2, -0.15) is 0 Å². The van der Waals surface area contributed by atoms with Crippen molar-refractivity contribution in [2.75, 3.05) is 19.7 Å². The molecule has 2 fully saturated rings. The Morgan fingerprint density at radius 1 is 1.16 bits per heavy atom. The summed E-state index contributed by atoms with van der Waals surface area (Å²) in [6.45, 7) is 5.83. The van der Waals surface area contributed by atoms with Crippen molar-refractivity contribution in [1.82, 2.24) is 14.5 Å². The van der Waals surface area contributed by atoms with Crippen molar-refractivity contribution >= 4 is 11.6 Å². The lowest BCUT2D eigenvalue weighted by atomic mass is 9.88. The number of para-hydroxylation sites is 1. The number of nitrogens with zero attached hydrogens (tertiary/aromatic N) is 3. The van der Waals surface area contributed by atoms with Crippen LogP contribution in [0.4, 0.5) is 4.39 Å². The fraction of sp³-hybridized carbons (Fsp3) is 0.464. The Labute approximate surface area is 220 Å². The molecule has 1 N–H and O–H groups in total. The molecule has 0 bridgehead atoms. The maximum absolute atomic E-state index is 14.7. The standard InChI is InChI=1S/C28H31ClFN3O4/c1-28(23-6-5-19(29)13-24(23)30)36-25-4-2-3-22(27(25)37-28)18-7-10-32(11-8-18)16-26-31-14-20(17-34)33(26)15-21-9-12-35-21/h2-6,13-14,18,21,34H,7-12,15-17H2,1H3/t21-,28-/m0/s1. The number of rotatable bonds is 7. The number of aliphatic hydroxyl groups is 1. The first-order valence-electron chi connectivity index (χ1n) is 12.9. The molecule has 2 saturated heterocycles. The Morgan fingerprint density at radius 2 is 1.97 bits per heavy atom. The summed E-state index contributed by atoms with van der Waals surface area (Å²) in [4.78, 5) is 7.01. The highest BCUT2D eigenvalue weighted by atomic mass is 35.5. The summed E-state index contributed by atoms with van der Waals surface area (Å²) in [7, 11) is 0. The molecule has 0 aliphatic carbocycles. The monoisotopic (exact) mass is 527 g/mol. The van der Waals surface area contributed by atoms with E-state index in [0.29, 0.717) is 28.0 Å². The first kappa shape index (κ1) is 24.7. The second-order valence-electron chi connectivity index (χ2n) is 10.2. The minimum absolute atomic E-state index is 0.0260. The number of imidazole rings is 1. The number of benzene rings is 2. The molecule has 0 saturated carbocycles. The summed E-state index contributed by atoms with van der Waals surface area (Å²) in [5.41, 5.74) is 2.25.